The average Bonchev–Trinajstić information content (AvgIpc) is 3.34. The van der Waals surface area contributed by atoms with Crippen LogP contribution in [0.1, 0.15) is 23.4 Å². The van der Waals surface area contributed by atoms with E-state index in [9.17, 15) is 4.79 Å². The molecule has 0 spiro atoms. The first-order valence-electron chi connectivity index (χ1n) is 9.84. The number of fused-ring (bicyclic) bond motifs is 4. The summed E-state index contributed by atoms with van der Waals surface area (Å²) in [7, 11) is 0. The van der Waals surface area contributed by atoms with Gasteiger partial charge in [-0.3, -0.25) is 4.79 Å². The van der Waals surface area contributed by atoms with Crippen LogP contribution in [-0.2, 0) is 11.2 Å². The first-order chi connectivity index (χ1) is 13.1. The lowest BCUT2D eigenvalue weighted by atomic mass is 10.0. The summed E-state index contributed by atoms with van der Waals surface area (Å²) in [4.78, 5) is 19.6. The first-order valence-corrected chi connectivity index (χ1v) is 9.84. The van der Waals surface area contributed by atoms with Crippen LogP contribution in [0.2, 0.25) is 0 Å². The summed E-state index contributed by atoms with van der Waals surface area (Å²) in [6.07, 6.45) is 1.27. The molecule has 6 nitrogen and oxygen atoms in total. The highest BCUT2D eigenvalue weighted by Crippen LogP contribution is 2.27. The Labute approximate surface area is 170 Å². The number of hydrogen-bond donors (Lipinski definition) is 1. The van der Waals surface area contributed by atoms with E-state index in [-0.39, 0.29) is 18.3 Å². The zero-order chi connectivity index (χ0) is 18.5. The maximum atomic E-state index is 12.7. The number of likely N-dealkylation sites (tertiary alicyclic amines) is 1. The van der Waals surface area contributed by atoms with E-state index in [0.29, 0.717) is 18.3 Å². The number of nitrogens with zero attached hydrogens (tertiary/aromatic N) is 4. The van der Waals surface area contributed by atoms with Gasteiger partial charge in [0.1, 0.15) is 0 Å². The maximum absolute atomic E-state index is 12.7. The summed E-state index contributed by atoms with van der Waals surface area (Å²) in [5.74, 6) is 1.56. The third-order valence-electron chi connectivity index (χ3n) is 6.35. The van der Waals surface area contributed by atoms with Gasteiger partial charge >= 0.3 is 0 Å². The Kier molecular flexibility index (Phi) is 5.02. The van der Waals surface area contributed by atoms with Gasteiger partial charge in [0, 0.05) is 49.4 Å². The minimum Gasteiger partial charge on any atom is -0.342 e. The van der Waals surface area contributed by atoms with E-state index in [2.05, 4.69) is 23.2 Å². The highest BCUT2D eigenvalue weighted by molar-refractivity contribution is 5.92. The third kappa shape index (κ3) is 3.05. The fourth-order valence-electron chi connectivity index (χ4n) is 4.79. The van der Waals surface area contributed by atoms with Crippen molar-refractivity contribution in [1.29, 1.82) is 0 Å². The standard InChI is InChI=1S/C21H25N5O.ClH/c1-13-17(7-8-20(27)25-11-15-9-22-10-16(15)12-25)14(2)26-21(23-13)18-5-3-4-6-19(18)24-26;/h3-6,15-16,22H,7-12H2,1-2H3;1H/t15-,16+;. The molecular weight excluding hydrogens is 374 g/mol. The van der Waals surface area contributed by atoms with Gasteiger partial charge in [-0.15, -0.1) is 12.4 Å². The van der Waals surface area contributed by atoms with Crippen LogP contribution in [0.25, 0.3) is 16.6 Å². The van der Waals surface area contributed by atoms with Gasteiger partial charge in [0.05, 0.1) is 5.52 Å². The quantitative estimate of drug-likeness (QED) is 0.735. The molecule has 3 aromatic rings. The predicted molar refractivity (Wildman–Crippen MR) is 112 cm³/mol. The van der Waals surface area contributed by atoms with Gasteiger partial charge in [0.25, 0.3) is 0 Å². The van der Waals surface area contributed by atoms with E-state index < -0.39 is 0 Å². The second-order valence-corrected chi connectivity index (χ2v) is 7.99. The van der Waals surface area contributed by atoms with Crippen LogP contribution in [-0.4, -0.2) is 51.6 Å². The van der Waals surface area contributed by atoms with Crippen molar-refractivity contribution >= 4 is 34.9 Å². The van der Waals surface area contributed by atoms with Crippen LogP contribution in [0.4, 0.5) is 0 Å². The number of halogens is 1. The van der Waals surface area contributed by atoms with Crippen molar-refractivity contribution in [3.63, 3.8) is 0 Å². The largest absolute Gasteiger partial charge is 0.342 e. The molecular formula is C21H26ClN5O. The first kappa shape index (κ1) is 19.2. The van der Waals surface area contributed by atoms with Gasteiger partial charge in [0.15, 0.2) is 5.65 Å². The van der Waals surface area contributed by atoms with Crippen LogP contribution in [0.15, 0.2) is 24.3 Å². The monoisotopic (exact) mass is 399 g/mol. The Hall–Kier alpha value is -2.18. The van der Waals surface area contributed by atoms with Gasteiger partial charge in [-0.25, -0.2) is 9.50 Å². The Morgan fingerprint density at radius 3 is 2.64 bits per heavy atom. The molecule has 148 valence electrons. The zero-order valence-corrected chi connectivity index (χ0v) is 17.1. The molecule has 7 heteroatoms. The third-order valence-corrected chi connectivity index (χ3v) is 6.35. The number of amides is 1. The van der Waals surface area contributed by atoms with Crippen molar-refractivity contribution in [1.82, 2.24) is 24.8 Å². The number of carbonyl (C=O) groups excluding carboxylic acids is 1. The van der Waals surface area contributed by atoms with Crippen molar-refractivity contribution < 1.29 is 4.79 Å². The summed E-state index contributed by atoms with van der Waals surface area (Å²) in [5.41, 5.74) is 5.09. The molecule has 4 heterocycles. The van der Waals surface area contributed by atoms with Crippen molar-refractivity contribution in [2.24, 2.45) is 11.8 Å². The fourth-order valence-corrected chi connectivity index (χ4v) is 4.79. The number of benzene rings is 1. The normalized spacial score (nSPS) is 21.3. The zero-order valence-electron chi connectivity index (χ0n) is 16.3. The molecule has 2 fully saturated rings. The molecule has 5 rings (SSSR count). The number of aryl methyl sites for hydroxylation is 2. The molecule has 0 unspecified atom stereocenters. The molecule has 1 N–H and O–H groups in total. The molecule has 0 bridgehead atoms. The van der Waals surface area contributed by atoms with Crippen molar-refractivity contribution in [3.05, 3.63) is 41.2 Å². The molecule has 1 amide bonds. The summed E-state index contributed by atoms with van der Waals surface area (Å²) >= 11 is 0. The van der Waals surface area contributed by atoms with Gasteiger partial charge < -0.3 is 10.2 Å². The van der Waals surface area contributed by atoms with Crippen molar-refractivity contribution in [3.8, 4) is 0 Å². The molecule has 1 aromatic carbocycles. The lowest BCUT2D eigenvalue weighted by Gasteiger charge is -2.18. The SMILES string of the molecule is Cc1nc2c3ccccc3nn2c(C)c1CCC(=O)N1C[C@H]2CNC[C@H]2C1.Cl. The van der Waals surface area contributed by atoms with Crippen LogP contribution in [0.3, 0.4) is 0 Å². The van der Waals surface area contributed by atoms with E-state index in [4.69, 9.17) is 10.1 Å². The fraction of sp³-hybridized carbons (Fsp3) is 0.476. The lowest BCUT2D eigenvalue weighted by Crippen LogP contribution is -2.32. The summed E-state index contributed by atoms with van der Waals surface area (Å²) < 4.78 is 1.93. The van der Waals surface area contributed by atoms with Gasteiger partial charge in [-0.1, -0.05) is 12.1 Å². The molecule has 2 atom stereocenters. The number of aromatic nitrogens is 3. The number of hydrogen-bond acceptors (Lipinski definition) is 4. The summed E-state index contributed by atoms with van der Waals surface area (Å²) in [6.45, 7) is 8.06. The van der Waals surface area contributed by atoms with E-state index in [1.165, 1.54) is 0 Å². The van der Waals surface area contributed by atoms with Crippen molar-refractivity contribution in [2.45, 2.75) is 26.7 Å². The highest BCUT2D eigenvalue weighted by atomic mass is 35.5. The summed E-state index contributed by atoms with van der Waals surface area (Å²) in [6, 6.07) is 8.09. The van der Waals surface area contributed by atoms with E-state index >= 15 is 0 Å². The Morgan fingerprint density at radius 2 is 1.89 bits per heavy atom. The molecule has 0 radical (unpaired) electrons. The van der Waals surface area contributed by atoms with Gasteiger partial charge in [0.2, 0.25) is 5.91 Å². The van der Waals surface area contributed by atoms with Crippen LogP contribution in [0.5, 0.6) is 0 Å². The van der Waals surface area contributed by atoms with Crippen molar-refractivity contribution in [2.75, 3.05) is 26.2 Å². The molecule has 28 heavy (non-hydrogen) atoms. The Morgan fingerprint density at radius 1 is 1.18 bits per heavy atom. The van der Waals surface area contributed by atoms with E-state index in [0.717, 1.165) is 66.1 Å². The van der Waals surface area contributed by atoms with E-state index in [1.807, 2.05) is 29.6 Å². The van der Waals surface area contributed by atoms with Crippen LogP contribution in [0, 0.1) is 25.7 Å². The summed E-state index contributed by atoms with van der Waals surface area (Å²) in [5, 5.41) is 9.21. The number of nitrogens with one attached hydrogen (secondary N) is 1. The second-order valence-electron chi connectivity index (χ2n) is 7.99. The molecule has 2 saturated heterocycles. The smallest absolute Gasteiger partial charge is 0.222 e. The maximum Gasteiger partial charge on any atom is 0.222 e. The van der Waals surface area contributed by atoms with Crippen LogP contribution >= 0.6 is 12.4 Å². The predicted octanol–water partition coefficient (Wildman–Crippen LogP) is 2.53. The Bertz CT molecular complexity index is 1030. The minimum atomic E-state index is 0. The molecule has 2 aliphatic heterocycles. The topological polar surface area (TPSA) is 62.5 Å². The van der Waals surface area contributed by atoms with E-state index in [1.54, 1.807) is 0 Å². The number of rotatable bonds is 3. The number of carbonyl (C=O) groups is 1. The van der Waals surface area contributed by atoms with Crippen LogP contribution < -0.4 is 5.32 Å². The van der Waals surface area contributed by atoms with Gasteiger partial charge in [-0.2, -0.15) is 5.10 Å². The Balaban J connectivity index is 0.00000192. The highest BCUT2D eigenvalue weighted by Gasteiger charge is 2.37. The lowest BCUT2D eigenvalue weighted by molar-refractivity contribution is -0.130. The minimum absolute atomic E-state index is 0. The van der Waals surface area contributed by atoms with Gasteiger partial charge in [-0.05, 0) is 49.8 Å². The molecule has 2 aliphatic rings. The molecule has 2 aromatic heterocycles. The average molecular weight is 400 g/mol. The molecule has 0 saturated carbocycles. The second kappa shape index (κ2) is 7.33. The molecule has 0 aliphatic carbocycles.